The first-order chi connectivity index (χ1) is 5.99. The van der Waals surface area contributed by atoms with Crippen molar-refractivity contribution in [2.45, 2.75) is 45.3 Å². The van der Waals surface area contributed by atoms with Gasteiger partial charge in [0.1, 0.15) is 6.10 Å². The van der Waals surface area contributed by atoms with Gasteiger partial charge in [-0.05, 0) is 24.8 Å². The minimum atomic E-state index is -0.729. The molecule has 0 heterocycles. The summed E-state index contributed by atoms with van der Waals surface area (Å²) in [4.78, 5) is 4.32. The fourth-order valence-corrected chi connectivity index (χ4v) is 1.63. The van der Waals surface area contributed by atoms with Gasteiger partial charge in [0, 0.05) is 6.42 Å². The summed E-state index contributed by atoms with van der Waals surface area (Å²) in [5, 5.41) is 18.8. The van der Waals surface area contributed by atoms with Gasteiger partial charge in [-0.15, -0.1) is 0 Å². The average molecular weight is 186 g/mol. The SMILES string of the molecule is CC1=CC[C@@](O)(C(C)C)C[C@@H]1OO. The highest BCUT2D eigenvalue weighted by Gasteiger charge is 2.37. The molecule has 2 N–H and O–H groups in total. The number of aliphatic hydroxyl groups is 1. The molecule has 0 aromatic rings. The first kappa shape index (κ1) is 10.7. The van der Waals surface area contributed by atoms with Crippen molar-refractivity contribution >= 4 is 0 Å². The molecule has 3 nitrogen and oxygen atoms in total. The Hall–Kier alpha value is -0.380. The molecule has 13 heavy (non-hydrogen) atoms. The fourth-order valence-electron chi connectivity index (χ4n) is 1.63. The Balaban J connectivity index is 2.77. The van der Waals surface area contributed by atoms with Crippen molar-refractivity contribution in [2.75, 3.05) is 0 Å². The van der Waals surface area contributed by atoms with Crippen LogP contribution in [0.1, 0.15) is 33.6 Å². The van der Waals surface area contributed by atoms with Crippen LogP contribution in [0.15, 0.2) is 11.6 Å². The molecule has 0 aromatic carbocycles. The Morgan fingerprint density at radius 3 is 2.69 bits per heavy atom. The van der Waals surface area contributed by atoms with Crippen LogP contribution < -0.4 is 0 Å². The van der Waals surface area contributed by atoms with Crippen LogP contribution in [0.4, 0.5) is 0 Å². The van der Waals surface area contributed by atoms with Gasteiger partial charge in [-0.1, -0.05) is 19.9 Å². The van der Waals surface area contributed by atoms with Gasteiger partial charge in [0.05, 0.1) is 5.60 Å². The third-order valence-electron chi connectivity index (χ3n) is 3.03. The van der Waals surface area contributed by atoms with E-state index < -0.39 is 5.60 Å². The average Bonchev–Trinajstić information content (AvgIpc) is 2.09. The minimum Gasteiger partial charge on any atom is -0.389 e. The molecule has 1 rings (SSSR count). The molecule has 0 amide bonds. The van der Waals surface area contributed by atoms with Gasteiger partial charge in [0.2, 0.25) is 0 Å². The summed E-state index contributed by atoms with van der Waals surface area (Å²) in [6, 6.07) is 0. The Labute approximate surface area is 79.0 Å². The van der Waals surface area contributed by atoms with Gasteiger partial charge in [0.15, 0.2) is 0 Å². The molecule has 0 bridgehead atoms. The maximum Gasteiger partial charge on any atom is 0.116 e. The Morgan fingerprint density at radius 2 is 2.23 bits per heavy atom. The predicted molar refractivity (Wildman–Crippen MR) is 50.3 cm³/mol. The molecular formula is C10H18O3. The zero-order chi connectivity index (χ0) is 10.1. The molecule has 2 atom stereocenters. The van der Waals surface area contributed by atoms with Crippen LogP contribution in [0, 0.1) is 5.92 Å². The van der Waals surface area contributed by atoms with Crippen molar-refractivity contribution in [2.24, 2.45) is 5.92 Å². The van der Waals surface area contributed by atoms with E-state index >= 15 is 0 Å². The third-order valence-corrected chi connectivity index (χ3v) is 3.03. The maximum atomic E-state index is 10.1. The van der Waals surface area contributed by atoms with Gasteiger partial charge in [0.25, 0.3) is 0 Å². The van der Waals surface area contributed by atoms with Crippen LogP contribution >= 0.6 is 0 Å². The molecule has 0 radical (unpaired) electrons. The van der Waals surface area contributed by atoms with Crippen LogP contribution in [-0.2, 0) is 4.89 Å². The third kappa shape index (κ3) is 2.10. The summed E-state index contributed by atoms with van der Waals surface area (Å²) >= 11 is 0. The zero-order valence-corrected chi connectivity index (χ0v) is 8.45. The molecule has 0 saturated carbocycles. The summed E-state index contributed by atoms with van der Waals surface area (Å²) in [6.45, 7) is 5.85. The molecular weight excluding hydrogens is 168 g/mol. The van der Waals surface area contributed by atoms with Crippen LogP contribution in [-0.4, -0.2) is 22.1 Å². The maximum absolute atomic E-state index is 10.1. The lowest BCUT2D eigenvalue weighted by Crippen LogP contribution is -2.41. The second kappa shape index (κ2) is 3.78. The van der Waals surface area contributed by atoms with E-state index in [1.807, 2.05) is 26.8 Å². The minimum absolute atomic E-state index is 0.175. The van der Waals surface area contributed by atoms with Gasteiger partial charge in [-0.25, -0.2) is 4.89 Å². The standard InChI is InChI=1S/C10H18O3/c1-7(2)10(11)5-4-8(3)9(6-10)13-12/h4,7,9,11-12H,5-6H2,1-3H3/t9-,10-/m0/s1. The van der Waals surface area contributed by atoms with E-state index in [9.17, 15) is 5.11 Å². The van der Waals surface area contributed by atoms with Crippen LogP contribution in [0.25, 0.3) is 0 Å². The van der Waals surface area contributed by atoms with Gasteiger partial charge < -0.3 is 5.11 Å². The van der Waals surface area contributed by atoms with Crippen molar-refractivity contribution in [3.8, 4) is 0 Å². The zero-order valence-electron chi connectivity index (χ0n) is 8.45. The lowest BCUT2D eigenvalue weighted by Gasteiger charge is -2.37. The monoisotopic (exact) mass is 186 g/mol. The summed E-state index contributed by atoms with van der Waals surface area (Å²) in [5.74, 6) is 0.175. The highest BCUT2D eigenvalue weighted by atomic mass is 17.1. The second-order valence-electron chi connectivity index (χ2n) is 4.21. The fraction of sp³-hybridized carbons (Fsp3) is 0.800. The van der Waals surface area contributed by atoms with E-state index in [1.165, 1.54) is 0 Å². The number of hydrogen-bond acceptors (Lipinski definition) is 3. The first-order valence-corrected chi connectivity index (χ1v) is 4.69. The van der Waals surface area contributed by atoms with Crippen LogP contribution in [0.2, 0.25) is 0 Å². The summed E-state index contributed by atoms with van der Waals surface area (Å²) in [6.07, 6.45) is 2.71. The molecule has 76 valence electrons. The van der Waals surface area contributed by atoms with Crippen LogP contribution in [0.3, 0.4) is 0 Å². The van der Waals surface area contributed by atoms with Gasteiger partial charge in [-0.2, -0.15) is 0 Å². The molecule has 0 spiro atoms. The van der Waals surface area contributed by atoms with Crippen molar-refractivity contribution in [3.05, 3.63) is 11.6 Å². The molecule has 0 unspecified atom stereocenters. The lowest BCUT2D eigenvalue weighted by molar-refractivity contribution is -0.280. The van der Waals surface area contributed by atoms with E-state index in [4.69, 9.17) is 5.26 Å². The second-order valence-corrected chi connectivity index (χ2v) is 4.21. The Morgan fingerprint density at radius 1 is 1.62 bits per heavy atom. The number of hydrogen-bond donors (Lipinski definition) is 2. The normalized spacial score (nSPS) is 34.9. The van der Waals surface area contributed by atoms with E-state index in [1.54, 1.807) is 0 Å². The van der Waals surface area contributed by atoms with E-state index in [2.05, 4.69) is 4.89 Å². The number of rotatable bonds is 2. The molecule has 1 aliphatic rings. The molecule has 0 fully saturated rings. The van der Waals surface area contributed by atoms with Crippen molar-refractivity contribution < 1.29 is 15.3 Å². The quantitative estimate of drug-likeness (QED) is 0.394. The first-order valence-electron chi connectivity index (χ1n) is 4.69. The van der Waals surface area contributed by atoms with E-state index in [0.29, 0.717) is 12.8 Å². The summed E-state index contributed by atoms with van der Waals surface area (Å²) in [7, 11) is 0. The van der Waals surface area contributed by atoms with E-state index in [0.717, 1.165) is 5.57 Å². The Kier molecular flexibility index (Phi) is 3.11. The van der Waals surface area contributed by atoms with Crippen molar-refractivity contribution in [1.82, 2.24) is 0 Å². The molecule has 0 aromatic heterocycles. The molecule has 1 aliphatic carbocycles. The predicted octanol–water partition coefficient (Wildman–Crippen LogP) is 1.97. The molecule has 0 saturated heterocycles. The van der Waals surface area contributed by atoms with Crippen LogP contribution in [0.5, 0.6) is 0 Å². The van der Waals surface area contributed by atoms with E-state index in [-0.39, 0.29) is 12.0 Å². The topological polar surface area (TPSA) is 49.7 Å². The van der Waals surface area contributed by atoms with Crippen molar-refractivity contribution in [1.29, 1.82) is 0 Å². The highest BCUT2D eigenvalue weighted by Crippen LogP contribution is 2.34. The smallest absolute Gasteiger partial charge is 0.116 e. The van der Waals surface area contributed by atoms with Gasteiger partial charge in [-0.3, -0.25) is 5.26 Å². The summed E-state index contributed by atoms with van der Waals surface area (Å²) in [5.41, 5.74) is 0.264. The lowest BCUT2D eigenvalue weighted by atomic mass is 9.77. The van der Waals surface area contributed by atoms with Crippen molar-refractivity contribution in [3.63, 3.8) is 0 Å². The van der Waals surface area contributed by atoms with Gasteiger partial charge >= 0.3 is 0 Å². The Bertz CT molecular complexity index is 210. The molecule has 3 heteroatoms. The highest BCUT2D eigenvalue weighted by molar-refractivity contribution is 5.14. The largest absolute Gasteiger partial charge is 0.389 e. The summed E-state index contributed by atoms with van der Waals surface area (Å²) < 4.78 is 0. The molecule has 0 aliphatic heterocycles.